The third kappa shape index (κ3) is 4.26. The Morgan fingerprint density at radius 3 is 2.22 bits per heavy atom. The molecule has 0 radical (unpaired) electrons. The number of amides is 2. The highest BCUT2D eigenvalue weighted by molar-refractivity contribution is 5.94. The van der Waals surface area contributed by atoms with Crippen molar-refractivity contribution in [1.82, 2.24) is 15.3 Å². The van der Waals surface area contributed by atoms with Gasteiger partial charge in [0.05, 0.1) is 5.56 Å². The summed E-state index contributed by atoms with van der Waals surface area (Å²) < 4.78 is 0. The van der Waals surface area contributed by atoms with Crippen molar-refractivity contribution < 1.29 is 9.59 Å². The van der Waals surface area contributed by atoms with E-state index in [1.165, 1.54) is 19.3 Å². The number of rotatable bonds is 5. The summed E-state index contributed by atoms with van der Waals surface area (Å²) in [6.45, 7) is 1.46. The van der Waals surface area contributed by atoms with Gasteiger partial charge in [0.15, 0.2) is 0 Å². The average molecular weight is 311 g/mol. The first kappa shape index (κ1) is 15.0. The third-order valence-electron chi connectivity index (χ3n) is 3.29. The van der Waals surface area contributed by atoms with E-state index in [0.29, 0.717) is 17.6 Å². The molecule has 7 heteroatoms. The van der Waals surface area contributed by atoms with E-state index in [2.05, 4.69) is 25.9 Å². The number of benzene rings is 1. The van der Waals surface area contributed by atoms with E-state index in [-0.39, 0.29) is 11.8 Å². The number of aromatic nitrogens is 2. The smallest absolute Gasteiger partial charge is 0.254 e. The molecule has 0 aliphatic heterocycles. The highest BCUT2D eigenvalue weighted by Crippen LogP contribution is 2.19. The van der Waals surface area contributed by atoms with Crippen LogP contribution in [0.1, 0.15) is 30.1 Å². The molecule has 23 heavy (non-hydrogen) atoms. The summed E-state index contributed by atoms with van der Waals surface area (Å²) >= 11 is 0. The van der Waals surface area contributed by atoms with Crippen LogP contribution in [0.4, 0.5) is 17.3 Å². The van der Waals surface area contributed by atoms with Gasteiger partial charge in [-0.2, -0.15) is 0 Å². The topological polar surface area (TPSA) is 96.0 Å². The van der Waals surface area contributed by atoms with Crippen molar-refractivity contribution >= 4 is 29.1 Å². The summed E-state index contributed by atoms with van der Waals surface area (Å²) in [5.74, 6) is 0.146. The molecule has 2 aromatic rings. The van der Waals surface area contributed by atoms with Gasteiger partial charge in [0, 0.05) is 36.7 Å². The van der Waals surface area contributed by atoms with E-state index >= 15 is 0 Å². The maximum Gasteiger partial charge on any atom is 0.254 e. The van der Waals surface area contributed by atoms with E-state index in [4.69, 9.17) is 0 Å². The molecule has 3 N–H and O–H groups in total. The first-order chi connectivity index (χ1) is 11.1. The van der Waals surface area contributed by atoms with Crippen LogP contribution >= 0.6 is 0 Å². The molecular weight excluding hydrogens is 294 g/mol. The molecular formula is C16H17N5O2. The minimum absolute atomic E-state index is 0.117. The van der Waals surface area contributed by atoms with E-state index in [9.17, 15) is 9.59 Å². The molecule has 1 aliphatic carbocycles. The zero-order valence-electron chi connectivity index (χ0n) is 12.7. The van der Waals surface area contributed by atoms with Crippen LogP contribution in [0.15, 0.2) is 36.7 Å². The molecule has 1 saturated carbocycles. The summed E-state index contributed by atoms with van der Waals surface area (Å²) in [7, 11) is 0. The molecule has 0 unspecified atom stereocenters. The maximum absolute atomic E-state index is 11.8. The molecule has 0 bridgehead atoms. The van der Waals surface area contributed by atoms with Crippen LogP contribution in [0.2, 0.25) is 0 Å². The summed E-state index contributed by atoms with van der Waals surface area (Å²) in [6.07, 6.45) is 5.08. The van der Waals surface area contributed by atoms with Gasteiger partial charge >= 0.3 is 0 Å². The van der Waals surface area contributed by atoms with Crippen molar-refractivity contribution in [2.24, 2.45) is 0 Å². The Morgan fingerprint density at radius 1 is 1.04 bits per heavy atom. The molecule has 1 aromatic carbocycles. The minimum Gasteiger partial charge on any atom is -0.349 e. The van der Waals surface area contributed by atoms with Gasteiger partial charge in [-0.3, -0.25) is 9.59 Å². The monoisotopic (exact) mass is 311 g/mol. The zero-order chi connectivity index (χ0) is 16.2. The third-order valence-corrected chi connectivity index (χ3v) is 3.29. The second kappa shape index (κ2) is 6.43. The van der Waals surface area contributed by atoms with Crippen molar-refractivity contribution in [3.8, 4) is 0 Å². The van der Waals surface area contributed by atoms with Crippen molar-refractivity contribution in [1.29, 1.82) is 0 Å². The van der Waals surface area contributed by atoms with Gasteiger partial charge < -0.3 is 16.0 Å². The lowest BCUT2D eigenvalue weighted by Crippen LogP contribution is -2.25. The number of nitrogens with zero attached hydrogens (tertiary/aromatic N) is 2. The Labute approximate surface area is 133 Å². The molecule has 2 amide bonds. The average Bonchev–Trinajstić information content (AvgIpc) is 3.33. The van der Waals surface area contributed by atoms with Crippen LogP contribution in [0.3, 0.4) is 0 Å². The Kier molecular flexibility index (Phi) is 4.18. The van der Waals surface area contributed by atoms with Crippen LogP contribution in [0.5, 0.6) is 0 Å². The first-order valence-electron chi connectivity index (χ1n) is 7.38. The molecule has 1 aliphatic rings. The number of hydrogen-bond donors (Lipinski definition) is 3. The quantitative estimate of drug-likeness (QED) is 0.785. The lowest BCUT2D eigenvalue weighted by molar-refractivity contribution is -0.114. The van der Waals surface area contributed by atoms with Gasteiger partial charge in [0.25, 0.3) is 5.91 Å². The fourth-order valence-electron chi connectivity index (χ4n) is 1.98. The van der Waals surface area contributed by atoms with Gasteiger partial charge in [-0.25, -0.2) is 9.97 Å². The molecule has 7 nitrogen and oxygen atoms in total. The van der Waals surface area contributed by atoms with E-state index in [1.54, 1.807) is 12.1 Å². The SMILES string of the molecule is CC(=O)Nc1ccc(Nc2ncc(C(=O)NC3CC3)cn2)cc1. The number of carbonyl (C=O) groups excluding carboxylic acids is 2. The van der Waals surface area contributed by atoms with E-state index in [1.807, 2.05) is 12.1 Å². The molecule has 1 aromatic heterocycles. The predicted octanol–water partition coefficient (Wildman–Crippen LogP) is 2.07. The normalized spacial score (nSPS) is 13.3. The van der Waals surface area contributed by atoms with E-state index in [0.717, 1.165) is 24.2 Å². The van der Waals surface area contributed by atoms with Crippen molar-refractivity contribution in [2.45, 2.75) is 25.8 Å². The zero-order valence-corrected chi connectivity index (χ0v) is 12.7. The minimum atomic E-state index is -0.140. The highest BCUT2D eigenvalue weighted by Gasteiger charge is 2.23. The summed E-state index contributed by atoms with van der Waals surface area (Å²) in [5.41, 5.74) is 1.95. The molecule has 0 atom stereocenters. The van der Waals surface area contributed by atoms with Crippen LogP contribution in [0, 0.1) is 0 Å². The number of anilines is 3. The van der Waals surface area contributed by atoms with Crippen LogP contribution < -0.4 is 16.0 Å². The van der Waals surface area contributed by atoms with E-state index < -0.39 is 0 Å². The Morgan fingerprint density at radius 2 is 1.65 bits per heavy atom. The number of hydrogen-bond acceptors (Lipinski definition) is 5. The molecule has 1 fully saturated rings. The van der Waals surface area contributed by atoms with Gasteiger partial charge in [0.2, 0.25) is 11.9 Å². The second-order valence-corrected chi connectivity index (χ2v) is 5.43. The lowest BCUT2D eigenvalue weighted by atomic mass is 10.3. The number of carbonyl (C=O) groups is 2. The van der Waals surface area contributed by atoms with Crippen LogP contribution in [-0.2, 0) is 4.79 Å². The van der Waals surface area contributed by atoms with Gasteiger partial charge in [-0.05, 0) is 37.1 Å². The number of nitrogens with one attached hydrogen (secondary N) is 3. The predicted molar refractivity (Wildman–Crippen MR) is 86.5 cm³/mol. The largest absolute Gasteiger partial charge is 0.349 e. The Hall–Kier alpha value is -2.96. The molecule has 118 valence electrons. The van der Waals surface area contributed by atoms with Crippen molar-refractivity contribution in [3.05, 3.63) is 42.2 Å². The molecule has 3 rings (SSSR count). The first-order valence-corrected chi connectivity index (χ1v) is 7.38. The lowest BCUT2D eigenvalue weighted by Gasteiger charge is -2.07. The van der Waals surface area contributed by atoms with Gasteiger partial charge in [-0.15, -0.1) is 0 Å². The van der Waals surface area contributed by atoms with Crippen LogP contribution in [-0.4, -0.2) is 27.8 Å². The van der Waals surface area contributed by atoms with Gasteiger partial charge in [-0.1, -0.05) is 0 Å². The standard InChI is InChI=1S/C16H17N5O2/c1-10(22)19-12-2-6-14(7-3-12)21-16-17-8-11(9-18-16)15(23)20-13-4-5-13/h2-3,6-9,13H,4-5H2,1H3,(H,19,22)(H,20,23)(H,17,18,21). The highest BCUT2D eigenvalue weighted by atomic mass is 16.2. The fourth-order valence-corrected chi connectivity index (χ4v) is 1.98. The maximum atomic E-state index is 11.8. The van der Waals surface area contributed by atoms with Crippen molar-refractivity contribution in [3.63, 3.8) is 0 Å². The summed E-state index contributed by atoms with van der Waals surface area (Å²) in [5, 5.41) is 8.62. The molecule has 1 heterocycles. The van der Waals surface area contributed by atoms with Gasteiger partial charge in [0.1, 0.15) is 0 Å². The molecule has 0 saturated heterocycles. The Balaban J connectivity index is 1.61. The Bertz CT molecular complexity index is 708. The summed E-state index contributed by atoms with van der Waals surface area (Å²) in [6, 6.07) is 7.48. The molecule has 0 spiro atoms. The fraction of sp³-hybridized carbons (Fsp3) is 0.250. The second-order valence-electron chi connectivity index (χ2n) is 5.43. The van der Waals surface area contributed by atoms with Crippen LogP contribution in [0.25, 0.3) is 0 Å². The van der Waals surface area contributed by atoms with Crippen molar-refractivity contribution in [2.75, 3.05) is 10.6 Å². The summed E-state index contributed by atoms with van der Waals surface area (Å²) in [4.78, 5) is 31.1.